The molecular formula is C16H24ClN3O. The highest BCUT2D eigenvalue weighted by Gasteiger charge is 2.17. The van der Waals surface area contributed by atoms with Crippen LogP contribution in [0.25, 0.3) is 0 Å². The number of nitrogens with zero attached hydrogens (tertiary/aromatic N) is 2. The Balaban J connectivity index is 2.00. The molecule has 1 atom stereocenters. The monoisotopic (exact) mass is 309 g/mol. The number of likely N-dealkylation sites (tertiary alicyclic amines) is 1. The van der Waals surface area contributed by atoms with Gasteiger partial charge in [-0.1, -0.05) is 11.6 Å². The number of nitrogens with one attached hydrogen (secondary N) is 1. The van der Waals surface area contributed by atoms with Gasteiger partial charge >= 0.3 is 0 Å². The van der Waals surface area contributed by atoms with Crippen LogP contribution in [0.1, 0.15) is 23.2 Å². The molecule has 1 aromatic carbocycles. The van der Waals surface area contributed by atoms with E-state index in [9.17, 15) is 4.79 Å². The number of anilines is 1. The molecule has 1 N–H and O–H groups in total. The van der Waals surface area contributed by atoms with Crippen LogP contribution in [0, 0.1) is 5.92 Å². The van der Waals surface area contributed by atoms with Gasteiger partial charge in [-0.2, -0.15) is 0 Å². The predicted octanol–water partition coefficient (Wildman–Crippen LogP) is 2.80. The van der Waals surface area contributed by atoms with Crippen LogP contribution in [0.4, 0.5) is 5.69 Å². The summed E-state index contributed by atoms with van der Waals surface area (Å²) < 4.78 is 0. The average Bonchev–Trinajstić information content (AvgIpc) is 2.45. The summed E-state index contributed by atoms with van der Waals surface area (Å²) >= 11 is 6.12. The van der Waals surface area contributed by atoms with Gasteiger partial charge in [0.1, 0.15) is 0 Å². The number of rotatable bonds is 4. The standard InChI is InChI=1S/C16H24ClN3O/c1-19(2)16(21)14-9-13(6-7-15(14)17)18-10-12-5-4-8-20(3)11-12/h6-7,9,12,18H,4-5,8,10-11H2,1-3H3. The average molecular weight is 310 g/mol. The van der Waals surface area contributed by atoms with E-state index in [1.165, 1.54) is 19.4 Å². The van der Waals surface area contributed by atoms with Crippen molar-refractivity contribution in [1.82, 2.24) is 9.80 Å². The van der Waals surface area contributed by atoms with Crippen molar-refractivity contribution < 1.29 is 4.79 Å². The Bertz CT molecular complexity index is 504. The minimum absolute atomic E-state index is 0.0685. The van der Waals surface area contributed by atoms with Gasteiger partial charge in [0.25, 0.3) is 5.91 Å². The molecule has 1 aliphatic heterocycles. The molecule has 0 aromatic heterocycles. The van der Waals surface area contributed by atoms with E-state index in [0.29, 0.717) is 16.5 Å². The Morgan fingerprint density at radius 2 is 2.24 bits per heavy atom. The van der Waals surface area contributed by atoms with Gasteiger partial charge in [0.05, 0.1) is 10.6 Å². The molecule has 1 amide bonds. The van der Waals surface area contributed by atoms with E-state index >= 15 is 0 Å². The van der Waals surface area contributed by atoms with E-state index in [4.69, 9.17) is 11.6 Å². The molecule has 1 heterocycles. The Labute approximate surface area is 132 Å². The zero-order valence-electron chi connectivity index (χ0n) is 13.0. The summed E-state index contributed by atoms with van der Waals surface area (Å²) in [5.41, 5.74) is 1.50. The summed E-state index contributed by atoms with van der Waals surface area (Å²) in [6, 6.07) is 5.56. The fourth-order valence-corrected chi connectivity index (χ4v) is 2.94. The van der Waals surface area contributed by atoms with Crippen molar-refractivity contribution in [1.29, 1.82) is 0 Å². The summed E-state index contributed by atoms with van der Waals surface area (Å²) in [5.74, 6) is 0.591. The van der Waals surface area contributed by atoms with E-state index in [2.05, 4.69) is 17.3 Å². The molecule has 0 saturated carbocycles. The number of hydrogen-bond donors (Lipinski definition) is 1. The molecule has 2 rings (SSSR count). The van der Waals surface area contributed by atoms with Crippen LogP contribution in [-0.2, 0) is 0 Å². The molecule has 5 heteroatoms. The second-order valence-electron chi connectivity index (χ2n) is 6.05. The van der Waals surface area contributed by atoms with Gasteiger partial charge < -0.3 is 15.1 Å². The van der Waals surface area contributed by atoms with Crippen LogP contribution in [-0.4, -0.2) is 56.5 Å². The molecule has 0 aliphatic carbocycles. The van der Waals surface area contributed by atoms with Crippen molar-refractivity contribution in [2.75, 3.05) is 46.1 Å². The van der Waals surface area contributed by atoms with Gasteiger partial charge in [-0.15, -0.1) is 0 Å². The summed E-state index contributed by atoms with van der Waals surface area (Å²) in [6.07, 6.45) is 2.52. The number of halogens is 1. The lowest BCUT2D eigenvalue weighted by molar-refractivity contribution is 0.0828. The normalized spacial score (nSPS) is 19.3. The van der Waals surface area contributed by atoms with Crippen molar-refractivity contribution >= 4 is 23.2 Å². The highest BCUT2D eigenvalue weighted by molar-refractivity contribution is 6.34. The zero-order valence-corrected chi connectivity index (χ0v) is 13.8. The van der Waals surface area contributed by atoms with Gasteiger partial charge in [-0.25, -0.2) is 0 Å². The highest BCUT2D eigenvalue weighted by Crippen LogP contribution is 2.23. The fraction of sp³-hybridized carbons (Fsp3) is 0.562. The lowest BCUT2D eigenvalue weighted by Crippen LogP contribution is -2.35. The van der Waals surface area contributed by atoms with Crippen LogP contribution in [0.5, 0.6) is 0 Å². The van der Waals surface area contributed by atoms with Crippen molar-refractivity contribution in [3.05, 3.63) is 28.8 Å². The largest absolute Gasteiger partial charge is 0.385 e. The maximum absolute atomic E-state index is 12.1. The summed E-state index contributed by atoms with van der Waals surface area (Å²) in [4.78, 5) is 16.0. The third-order valence-electron chi connectivity index (χ3n) is 3.92. The van der Waals surface area contributed by atoms with E-state index in [-0.39, 0.29) is 5.91 Å². The first kappa shape index (κ1) is 16.1. The second kappa shape index (κ2) is 7.14. The topological polar surface area (TPSA) is 35.6 Å². The molecule has 0 bridgehead atoms. The summed E-state index contributed by atoms with van der Waals surface area (Å²) in [5, 5.41) is 3.94. The number of carbonyl (C=O) groups is 1. The predicted molar refractivity (Wildman–Crippen MR) is 88.2 cm³/mol. The van der Waals surface area contributed by atoms with Gasteiger partial charge in [0, 0.05) is 32.9 Å². The number of benzene rings is 1. The van der Waals surface area contributed by atoms with Crippen LogP contribution in [0.2, 0.25) is 5.02 Å². The quantitative estimate of drug-likeness (QED) is 0.929. The fourth-order valence-electron chi connectivity index (χ4n) is 2.74. The molecule has 1 unspecified atom stereocenters. The van der Waals surface area contributed by atoms with Crippen molar-refractivity contribution in [2.45, 2.75) is 12.8 Å². The van der Waals surface area contributed by atoms with Crippen LogP contribution >= 0.6 is 11.6 Å². The molecule has 1 saturated heterocycles. The Morgan fingerprint density at radius 1 is 1.48 bits per heavy atom. The molecule has 21 heavy (non-hydrogen) atoms. The zero-order chi connectivity index (χ0) is 15.4. The van der Waals surface area contributed by atoms with Crippen molar-refractivity contribution in [3.8, 4) is 0 Å². The van der Waals surface area contributed by atoms with Gasteiger partial charge in [0.2, 0.25) is 0 Å². The molecule has 1 aliphatic rings. The molecule has 116 valence electrons. The third kappa shape index (κ3) is 4.35. The van der Waals surface area contributed by atoms with E-state index in [1.807, 2.05) is 12.1 Å². The minimum atomic E-state index is -0.0685. The van der Waals surface area contributed by atoms with E-state index in [0.717, 1.165) is 18.8 Å². The van der Waals surface area contributed by atoms with Crippen LogP contribution in [0.3, 0.4) is 0 Å². The van der Waals surface area contributed by atoms with E-state index in [1.54, 1.807) is 25.1 Å². The third-order valence-corrected chi connectivity index (χ3v) is 4.25. The van der Waals surface area contributed by atoms with Crippen LogP contribution in [0.15, 0.2) is 18.2 Å². The van der Waals surface area contributed by atoms with Gasteiger partial charge in [0.15, 0.2) is 0 Å². The van der Waals surface area contributed by atoms with Crippen molar-refractivity contribution in [3.63, 3.8) is 0 Å². The maximum Gasteiger partial charge on any atom is 0.254 e. The SMILES string of the molecule is CN1CCCC(CNc2ccc(Cl)c(C(=O)N(C)C)c2)C1. The molecule has 1 fully saturated rings. The molecule has 0 spiro atoms. The molecule has 4 nitrogen and oxygen atoms in total. The smallest absolute Gasteiger partial charge is 0.254 e. The van der Waals surface area contributed by atoms with Gasteiger partial charge in [-0.3, -0.25) is 4.79 Å². The molecule has 1 aromatic rings. The first-order valence-corrected chi connectivity index (χ1v) is 7.79. The number of amides is 1. The van der Waals surface area contributed by atoms with Gasteiger partial charge in [-0.05, 0) is 50.6 Å². The Hall–Kier alpha value is -1.26. The van der Waals surface area contributed by atoms with E-state index < -0.39 is 0 Å². The maximum atomic E-state index is 12.1. The van der Waals surface area contributed by atoms with Crippen molar-refractivity contribution in [2.24, 2.45) is 5.92 Å². The molecular weight excluding hydrogens is 286 g/mol. The lowest BCUT2D eigenvalue weighted by atomic mass is 9.98. The molecule has 0 radical (unpaired) electrons. The number of hydrogen-bond acceptors (Lipinski definition) is 3. The minimum Gasteiger partial charge on any atom is -0.385 e. The first-order valence-electron chi connectivity index (χ1n) is 7.41. The lowest BCUT2D eigenvalue weighted by Gasteiger charge is -2.30. The highest BCUT2D eigenvalue weighted by atomic mass is 35.5. The summed E-state index contributed by atoms with van der Waals surface area (Å²) in [7, 11) is 5.63. The van der Waals surface area contributed by atoms with Crippen LogP contribution < -0.4 is 5.32 Å². The first-order chi connectivity index (χ1) is 9.97. The Morgan fingerprint density at radius 3 is 2.90 bits per heavy atom. The second-order valence-corrected chi connectivity index (χ2v) is 6.45. The summed E-state index contributed by atoms with van der Waals surface area (Å²) in [6.45, 7) is 3.25. The number of carbonyl (C=O) groups excluding carboxylic acids is 1. The Kier molecular flexibility index (Phi) is 5.48. The number of piperidine rings is 1.